The van der Waals surface area contributed by atoms with E-state index < -0.39 is 11.1 Å². The molecule has 0 unspecified atom stereocenters. The van der Waals surface area contributed by atoms with Gasteiger partial charge < -0.3 is 24.4 Å². The van der Waals surface area contributed by atoms with Crippen molar-refractivity contribution >= 4 is 39.3 Å². The molecule has 0 radical (unpaired) electrons. The normalized spacial score (nSPS) is 16.3. The summed E-state index contributed by atoms with van der Waals surface area (Å²) in [5.41, 5.74) is 0.870. The number of nitrogens with one attached hydrogen (secondary N) is 1. The van der Waals surface area contributed by atoms with Gasteiger partial charge in [-0.25, -0.2) is 4.98 Å². The summed E-state index contributed by atoms with van der Waals surface area (Å²) in [6.07, 6.45) is -3.34. The molecule has 0 bridgehead atoms. The predicted molar refractivity (Wildman–Crippen MR) is 129 cm³/mol. The third-order valence-corrected chi connectivity index (χ3v) is 7.20. The Morgan fingerprint density at radius 2 is 1.92 bits per heavy atom. The maximum Gasteiger partial charge on any atom is 0.425 e. The maximum atomic E-state index is 13.5. The molecule has 2 aliphatic heterocycles. The Hall–Kier alpha value is -3.28. The number of nitrogens with zero attached hydrogens (tertiary/aromatic N) is 3. The average molecular weight is 523 g/mol. The number of thiophene rings is 1. The lowest BCUT2D eigenvalue weighted by Crippen LogP contribution is -2.38. The number of ether oxygens (including phenoxy) is 3. The van der Waals surface area contributed by atoms with Crippen LogP contribution < -0.4 is 19.7 Å². The lowest BCUT2D eigenvalue weighted by molar-refractivity contribution is -0.148. The van der Waals surface area contributed by atoms with Gasteiger partial charge in [-0.1, -0.05) is 6.07 Å². The topological polar surface area (TPSA) is 85.8 Å². The van der Waals surface area contributed by atoms with Crippen molar-refractivity contribution in [3.05, 3.63) is 34.7 Å². The van der Waals surface area contributed by atoms with Crippen LogP contribution in [0.25, 0.3) is 10.2 Å². The first-order valence-electron chi connectivity index (χ1n) is 11.7. The molecule has 1 aromatic carbocycles. The van der Waals surface area contributed by atoms with E-state index in [1.807, 2.05) is 23.1 Å². The molecule has 1 saturated heterocycles. The van der Waals surface area contributed by atoms with Crippen molar-refractivity contribution < 1.29 is 32.2 Å². The molecule has 2 aromatic heterocycles. The number of carbonyl (C=O) groups excluding carboxylic acids is 1. The van der Waals surface area contributed by atoms with Gasteiger partial charge in [0.25, 0.3) is 0 Å². The number of carbonyl (C=O) groups is 1. The minimum atomic E-state index is -4.48. The molecule has 0 amide bonds. The standard InChI is InChI=1S/C24H25F3N4O4S/c1-2-33-22(32)15-5-7-31(8-6-15)23-29-20(16-12-19(24(25,26)27)36-21(16)30-23)28-13-14-3-4-17-18(11-14)35-10-9-34-17/h3-4,11-12,15H,2,5-10,13H2,1H3,(H,28,29,30). The lowest BCUT2D eigenvalue weighted by atomic mass is 9.97. The van der Waals surface area contributed by atoms with Crippen LogP contribution >= 0.6 is 11.3 Å². The molecule has 2 aliphatic rings. The van der Waals surface area contributed by atoms with E-state index >= 15 is 0 Å². The van der Waals surface area contributed by atoms with E-state index in [2.05, 4.69) is 15.3 Å². The van der Waals surface area contributed by atoms with Gasteiger partial charge in [-0.2, -0.15) is 18.2 Å². The predicted octanol–water partition coefficient (Wildman–Crippen LogP) is 4.87. The van der Waals surface area contributed by atoms with Gasteiger partial charge in [-0.05, 0) is 43.5 Å². The number of hydrogen-bond acceptors (Lipinski definition) is 9. The molecule has 0 atom stereocenters. The smallest absolute Gasteiger partial charge is 0.425 e. The Bertz CT molecular complexity index is 1260. The van der Waals surface area contributed by atoms with Crippen molar-refractivity contribution in [2.24, 2.45) is 5.92 Å². The highest BCUT2D eigenvalue weighted by molar-refractivity contribution is 7.18. The summed E-state index contributed by atoms with van der Waals surface area (Å²) in [6.45, 7) is 4.39. The second kappa shape index (κ2) is 10.00. The monoisotopic (exact) mass is 522 g/mol. The van der Waals surface area contributed by atoms with Crippen molar-refractivity contribution in [3.63, 3.8) is 0 Å². The number of anilines is 2. The van der Waals surface area contributed by atoms with Crippen LogP contribution in [-0.2, 0) is 22.3 Å². The molecule has 3 aromatic rings. The van der Waals surface area contributed by atoms with Gasteiger partial charge in [0.05, 0.1) is 17.9 Å². The van der Waals surface area contributed by atoms with Crippen LogP contribution in [0.15, 0.2) is 24.3 Å². The summed E-state index contributed by atoms with van der Waals surface area (Å²) in [5, 5.41) is 3.50. The van der Waals surface area contributed by atoms with Gasteiger partial charge in [-0.3, -0.25) is 4.79 Å². The fourth-order valence-electron chi connectivity index (χ4n) is 4.28. The number of piperidine rings is 1. The highest BCUT2D eigenvalue weighted by atomic mass is 32.1. The van der Waals surface area contributed by atoms with Crippen LogP contribution in [0.2, 0.25) is 0 Å². The van der Waals surface area contributed by atoms with E-state index in [9.17, 15) is 18.0 Å². The van der Waals surface area contributed by atoms with Gasteiger partial charge in [0, 0.05) is 19.6 Å². The quantitative estimate of drug-likeness (QED) is 0.459. The summed E-state index contributed by atoms with van der Waals surface area (Å²) < 4.78 is 56.7. The second-order valence-electron chi connectivity index (χ2n) is 8.54. The van der Waals surface area contributed by atoms with Crippen LogP contribution in [0.4, 0.5) is 24.9 Å². The van der Waals surface area contributed by atoms with Gasteiger partial charge >= 0.3 is 12.1 Å². The van der Waals surface area contributed by atoms with Crippen LogP contribution in [0.5, 0.6) is 11.5 Å². The van der Waals surface area contributed by atoms with Crippen molar-refractivity contribution in [2.75, 3.05) is 43.1 Å². The minimum absolute atomic E-state index is 0.198. The Balaban J connectivity index is 1.40. The van der Waals surface area contributed by atoms with E-state index in [-0.39, 0.29) is 16.7 Å². The number of rotatable bonds is 6. The molecule has 4 heterocycles. The van der Waals surface area contributed by atoms with Gasteiger partial charge in [0.1, 0.15) is 28.7 Å². The second-order valence-corrected chi connectivity index (χ2v) is 9.58. The molecule has 8 nitrogen and oxygen atoms in total. The Morgan fingerprint density at radius 3 is 2.64 bits per heavy atom. The minimum Gasteiger partial charge on any atom is -0.486 e. The highest BCUT2D eigenvalue weighted by Crippen LogP contribution is 2.40. The fourth-order valence-corrected chi connectivity index (χ4v) is 5.18. The Labute approximate surface area is 209 Å². The number of alkyl halides is 3. The molecule has 5 rings (SSSR count). The first-order chi connectivity index (χ1) is 17.3. The van der Waals surface area contributed by atoms with Crippen molar-refractivity contribution in [1.82, 2.24) is 9.97 Å². The Morgan fingerprint density at radius 1 is 1.17 bits per heavy atom. The number of aromatic nitrogens is 2. The van der Waals surface area contributed by atoms with Crippen LogP contribution in [0.3, 0.4) is 0 Å². The number of halogens is 3. The van der Waals surface area contributed by atoms with Gasteiger partial charge in [0.2, 0.25) is 5.95 Å². The third kappa shape index (κ3) is 5.13. The lowest BCUT2D eigenvalue weighted by Gasteiger charge is -2.31. The first kappa shape index (κ1) is 24.4. The van der Waals surface area contributed by atoms with E-state index in [4.69, 9.17) is 14.2 Å². The molecule has 12 heteroatoms. The van der Waals surface area contributed by atoms with Crippen LogP contribution in [-0.4, -0.2) is 48.8 Å². The molecule has 0 aliphatic carbocycles. The molecular formula is C24H25F3N4O4S. The summed E-state index contributed by atoms with van der Waals surface area (Å²) in [6, 6.07) is 6.61. The zero-order valence-corrected chi connectivity index (χ0v) is 20.4. The molecular weight excluding hydrogens is 497 g/mol. The van der Waals surface area contributed by atoms with Gasteiger partial charge in [0.15, 0.2) is 11.5 Å². The molecule has 0 spiro atoms. The van der Waals surface area contributed by atoms with Crippen LogP contribution in [0, 0.1) is 5.92 Å². The summed E-state index contributed by atoms with van der Waals surface area (Å²) in [7, 11) is 0. The Kier molecular flexibility index (Phi) is 6.78. The van der Waals surface area contributed by atoms with E-state index in [0.717, 1.165) is 11.6 Å². The number of benzene rings is 1. The SMILES string of the molecule is CCOC(=O)C1CCN(c2nc(NCc3ccc4c(c3)OCCO4)c3cc(C(F)(F)F)sc3n2)CC1. The fraction of sp³-hybridized carbons (Fsp3) is 0.458. The zero-order chi connectivity index (χ0) is 25.3. The molecule has 1 N–H and O–H groups in total. The van der Waals surface area contributed by atoms with E-state index in [1.165, 1.54) is 0 Å². The third-order valence-electron chi connectivity index (χ3n) is 6.12. The molecule has 0 saturated carbocycles. The van der Waals surface area contributed by atoms with Crippen molar-refractivity contribution in [2.45, 2.75) is 32.5 Å². The van der Waals surface area contributed by atoms with Crippen molar-refractivity contribution in [1.29, 1.82) is 0 Å². The molecule has 36 heavy (non-hydrogen) atoms. The first-order valence-corrected chi connectivity index (χ1v) is 12.6. The average Bonchev–Trinajstić information content (AvgIpc) is 3.33. The maximum absolute atomic E-state index is 13.5. The van der Waals surface area contributed by atoms with E-state index in [1.54, 1.807) is 6.92 Å². The van der Waals surface area contributed by atoms with E-state index in [0.29, 0.717) is 92.3 Å². The van der Waals surface area contributed by atoms with Crippen molar-refractivity contribution in [3.8, 4) is 11.5 Å². The highest BCUT2D eigenvalue weighted by Gasteiger charge is 2.34. The summed E-state index contributed by atoms with van der Waals surface area (Å²) >= 11 is 0.595. The molecule has 192 valence electrons. The summed E-state index contributed by atoms with van der Waals surface area (Å²) in [4.78, 5) is 22.6. The zero-order valence-electron chi connectivity index (χ0n) is 19.6. The number of hydrogen-bond donors (Lipinski definition) is 1. The number of fused-ring (bicyclic) bond motifs is 2. The largest absolute Gasteiger partial charge is 0.486 e. The van der Waals surface area contributed by atoms with Gasteiger partial charge in [-0.15, -0.1) is 11.3 Å². The molecule has 1 fully saturated rings. The number of esters is 1. The van der Waals surface area contributed by atoms with Crippen LogP contribution in [0.1, 0.15) is 30.2 Å². The summed E-state index contributed by atoms with van der Waals surface area (Å²) in [5.74, 6) is 1.54.